The first-order valence-corrected chi connectivity index (χ1v) is 9.40. The minimum absolute atomic E-state index is 0.000334. The molecule has 0 atom stereocenters. The van der Waals surface area contributed by atoms with Crippen LogP contribution in [0.3, 0.4) is 0 Å². The Kier molecular flexibility index (Phi) is 5.86. The van der Waals surface area contributed by atoms with Crippen molar-refractivity contribution in [2.75, 3.05) is 0 Å². The van der Waals surface area contributed by atoms with Crippen LogP contribution in [-0.4, -0.2) is 26.6 Å². The van der Waals surface area contributed by atoms with Gasteiger partial charge in [-0.15, -0.1) is 0 Å². The van der Waals surface area contributed by atoms with E-state index in [-0.39, 0.29) is 32.9 Å². The molecule has 0 aliphatic heterocycles. The number of fused-ring (bicyclic) bond motifs is 1. The lowest BCUT2D eigenvalue weighted by molar-refractivity contribution is 0.0843. The maximum Gasteiger partial charge on any atom is 0.290 e. The maximum atomic E-state index is 12.7. The van der Waals surface area contributed by atoms with E-state index >= 15 is 0 Å². The van der Waals surface area contributed by atoms with E-state index in [0.29, 0.717) is 16.5 Å². The second kappa shape index (κ2) is 8.18. The average molecular weight is 434 g/mol. The fourth-order valence-electron chi connectivity index (χ4n) is 2.67. The lowest BCUT2D eigenvalue weighted by Gasteiger charge is -2.14. The molecule has 10 heteroatoms. The second-order valence-corrected chi connectivity index (χ2v) is 7.29. The molecule has 1 aromatic carbocycles. The van der Waals surface area contributed by atoms with Gasteiger partial charge >= 0.3 is 0 Å². The van der Waals surface area contributed by atoms with Gasteiger partial charge in [-0.3, -0.25) is 30.2 Å². The summed E-state index contributed by atoms with van der Waals surface area (Å²) < 4.78 is 1.22. The molecule has 0 saturated heterocycles. The lowest BCUT2D eigenvalue weighted by atomic mass is 10.1. The summed E-state index contributed by atoms with van der Waals surface area (Å²) in [4.78, 5) is 41.6. The van der Waals surface area contributed by atoms with Gasteiger partial charge in [0, 0.05) is 11.6 Å². The van der Waals surface area contributed by atoms with E-state index in [0.717, 1.165) is 0 Å². The quantitative estimate of drug-likeness (QED) is 0.617. The van der Waals surface area contributed by atoms with Crippen molar-refractivity contribution in [3.05, 3.63) is 67.8 Å². The van der Waals surface area contributed by atoms with Gasteiger partial charge in [0.1, 0.15) is 0 Å². The van der Waals surface area contributed by atoms with Gasteiger partial charge in [0.25, 0.3) is 17.4 Å². The third kappa shape index (κ3) is 3.94. The molecule has 0 radical (unpaired) electrons. The van der Waals surface area contributed by atoms with Crippen LogP contribution in [0.4, 0.5) is 0 Å². The van der Waals surface area contributed by atoms with Crippen LogP contribution in [0.5, 0.6) is 0 Å². The summed E-state index contributed by atoms with van der Waals surface area (Å²) in [6, 6.07) is 6.37. The van der Waals surface area contributed by atoms with Crippen molar-refractivity contribution in [3.63, 3.8) is 0 Å². The highest BCUT2D eigenvalue weighted by Crippen LogP contribution is 2.27. The molecule has 3 aromatic rings. The molecular weight excluding hydrogens is 417 g/mol. The largest absolute Gasteiger partial charge is 0.290 e. The van der Waals surface area contributed by atoms with Gasteiger partial charge < -0.3 is 0 Å². The van der Waals surface area contributed by atoms with Crippen LogP contribution in [0, 0.1) is 6.92 Å². The molecule has 2 amide bonds. The molecule has 0 spiro atoms. The van der Waals surface area contributed by atoms with Crippen LogP contribution in [-0.2, 0) is 0 Å². The molecule has 0 fully saturated rings. The van der Waals surface area contributed by atoms with Crippen molar-refractivity contribution in [1.29, 1.82) is 0 Å². The van der Waals surface area contributed by atoms with Gasteiger partial charge in [-0.05, 0) is 26.8 Å². The molecule has 150 valence electrons. The Balaban J connectivity index is 1.91. The monoisotopic (exact) mass is 433 g/mol. The van der Waals surface area contributed by atoms with Gasteiger partial charge in [0.15, 0.2) is 5.69 Å². The number of benzene rings is 1. The predicted molar refractivity (Wildman–Crippen MR) is 110 cm³/mol. The Hall–Kier alpha value is -2.97. The number of aromatic nitrogens is 3. The zero-order valence-electron chi connectivity index (χ0n) is 15.8. The zero-order chi connectivity index (χ0) is 21.3. The van der Waals surface area contributed by atoms with Crippen LogP contribution in [0.2, 0.25) is 10.0 Å². The van der Waals surface area contributed by atoms with Crippen molar-refractivity contribution >= 4 is 45.8 Å². The van der Waals surface area contributed by atoms with Crippen molar-refractivity contribution in [3.8, 4) is 0 Å². The zero-order valence-corrected chi connectivity index (χ0v) is 17.3. The molecule has 2 aromatic heterocycles. The summed E-state index contributed by atoms with van der Waals surface area (Å²) in [7, 11) is 0. The van der Waals surface area contributed by atoms with Gasteiger partial charge in [-0.25, -0.2) is 4.68 Å². The van der Waals surface area contributed by atoms with Crippen LogP contribution in [0.1, 0.15) is 46.4 Å². The third-order valence-electron chi connectivity index (χ3n) is 4.20. The minimum atomic E-state index is -0.695. The number of hydrogen-bond acceptors (Lipinski definition) is 5. The van der Waals surface area contributed by atoms with Gasteiger partial charge in [0.05, 0.1) is 32.7 Å². The van der Waals surface area contributed by atoms with Crippen molar-refractivity contribution in [2.24, 2.45) is 0 Å². The Morgan fingerprint density at radius 3 is 2.31 bits per heavy atom. The number of rotatable bonds is 3. The number of amides is 2. The van der Waals surface area contributed by atoms with E-state index in [1.165, 1.54) is 10.9 Å². The number of hydrazine groups is 1. The highest BCUT2D eigenvalue weighted by atomic mass is 35.5. The number of nitrogens with one attached hydrogen (secondary N) is 2. The molecule has 8 nitrogen and oxygen atoms in total. The Labute approximate surface area is 175 Å². The smallest absolute Gasteiger partial charge is 0.267 e. The summed E-state index contributed by atoms with van der Waals surface area (Å²) >= 11 is 12.1. The summed E-state index contributed by atoms with van der Waals surface area (Å²) in [6.45, 7) is 5.21. The number of hydrogen-bond donors (Lipinski definition) is 2. The van der Waals surface area contributed by atoms with E-state index in [1.807, 2.05) is 0 Å². The van der Waals surface area contributed by atoms with Crippen LogP contribution < -0.4 is 16.4 Å². The Morgan fingerprint density at radius 2 is 1.66 bits per heavy atom. The molecular formula is C19H17Cl2N5O3. The third-order valence-corrected chi connectivity index (χ3v) is 5.15. The van der Waals surface area contributed by atoms with E-state index in [1.54, 1.807) is 45.0 Å². The first kappa shape index (κ1) is 20.8. The average Bonchev–Trinajstić information content (AvgIpc) is 2.70. The maximum absolute atomic E-state index is 12.7. The van der Waals surface area contributed by atoms with Crippen molar-refractivity contribution < 1.29 is 9.59 Å². The first-order chi connectivity index (χ1) is 13.7. The Morgan fingerprint density at radius 1 is 1.03 bits per heavy atom. The fourth-order valence-corrected chi connectivity index (χ4v) is 3.10. The lowest BCUT2D eigenvalue weighted by Crippen LogP contribution is -2.43. The van der Waals surface area contributed by atoms with Crippen molar-refractivity contribution in [1.82, 2.24) is 25.6 Å². The molecule has 2 N–H and O–H groups in total. The Bertz CT molecular complexity index is 1190. The topological polar surface area (TPSA) is 106 Å². The minimum Gasteiger partial charge on any atom is -0.267 e. The summed E-state index contributed by atoms with van der Waals surface area (Å²) in [5.41, 5.74) is 4.73. The van der Waals surface area contributed by atoms with Crippen LogP contribution >= 0.6 is 23.2 Å². The van der Waals surface area contributed by atoms with Gasteiger partial charge in [-0.2, -0.15) is 5.10 Å². The molecule has 0 bridgehead atoms. The molecule has 0 aliphatic carbocycles. The number of aryl methyl sites for hydroxylation is 1. The predicted octanol–water partition coefficient (Wildman–Crippen LogP) is 3.06. The molecule has 3 rings (SSSR count). The molecule has 0 unspecified atom stereocenters. The van der Waals surface area contributed by atoms with E-state index in [2.05, 4.69) is 20.9 Å². The number of halogens is 2. The van der Waals surface area contributed by atoms with E-state index in [4.69, 9.17) is 23.2 Å². The SMILES string of the molecule is Cc1ncc(C(=O)NNC(=O)c2nn(C(C)C)c(=O)c3ccccc23)c(Cl)c1Cl. The molecule has 2 heterocycles. The number of pyridine rings is 1. The number of nitrogens with zero attached hydrogens (tertiary/aromatic N) is 3. The number of carbonyl (C=O) groups is 2. The highest BCUT2D eigenvalue weighted by molar-refractivity contribution is 6.44. The van der Waals surface area contributed by atoms with Crippen LogP contribution in [0.25, 0.3) is 10.8 Å². The molecule has 0 saturated carbocycles. The van der Waals surface area contributed by atoms with E-state index < -0.39 is 11.8 Å². The normalized spacial score (nSPS) is 11.0. The summed E-state index contributed by atoms with van der Waals surface area (Å²) in [5, 5.41) is 5.09. The molecule has 0 aliphatic rings. The van der Waals surface area contributed by atoms with E-state index in [9.17, 15) is 14.4 Å². The molecule has 29 heavy (non-hydrogen) atoms. The summed E-state index contributed by atoms with van der Waals surface area (Å²) in [5.74, 6) is -1.38. The van der Waals surface area contributed by atoms with Crippen LogP contribution in [0.15, 0.2) is 35.3 Å². The second-order valence-electron chi connectivity index (χ2n) is 6.53. The first-order valence-electron chi connectivity index (χ1n) is 8.65. The summed E-state index contributed by atoms with van der Waals surface area (Å²) in [6.07, 6.45) is 1.26. The standard InChI is InChI=1S/C19H17Cl2N5O3/c1-9(2)26-19(29)12-7-5-4-6-11(12)16(25-26)18(28)24-23-17(27)13-8-22-10(3)14(20)15(13)21/h4-9H,1-3H3,(H,23,27)(H,24,28). The fraction of sp³-hybridized carbons (Fsp3) is 0.211. The van der Waals surface area contributed by atoms with Gasteiger partial charge in [0.2, 0.25) is 0 Å². The number of carbonyl (C=O) groups excluding carboxylic acids is 2. The van der Waals surface area contributed by atoms with Gasteiger partial charge in [-0.1, -0.05) is 41.4 Å². The highest BCUT2D eigenvalue weighted by Gasteiger charge is 2.20. The van der Waals surface area contributed by atoms with Crippen molar-refractivity contribution in [2.45, 2.75) is 26.8 Å².